The summed E-state index contributed by atoms with van der Waals surface area (Å²) in [6.07, 6.45) is 4.54. The van der Waals surface area contributed by atoms with Crippen LogP contribution < -0.4 is 5.73 Å². The van der Waals surface area contributed by atoms with Crippen LogP contribution in [0.25, 0.3) is 10.1 Å². The maximum Gasteiger partial charge on any atom is 0.225 e. The largest absolute Gasteiger partial charge is 0.391 e. The van der Waals surface area contributed by atoms with Crippen molar-refractivity contribution in [2.45, 2.75) is 62.7 Å². The number of nitrogens with zero attached hydrogens (tertiary/aromatic N) is 1. The molecule has 1 saturated heterocycles. The number of rotatable bonds is 8. The van der Waals surface area contributed by atoms with E-state index < -0.39 is 11.7 Å². The van der Waals surface area contributed by atoms with E-state index in [1.165, 1.54) is 4.70 Å². The van der Waals surface area contributed by atoms with Crippen molar-refractivity contribution in [3.63, 3.8) is 0 Å². The number of piperidine rings is 1. The summed E-state index contributed by atoms with van der Waals surface area (Å²) in [5, 5.41) is 25.4. The average Bonchev–Trinajstić information content (AvgIpc) is 3.42. The van der Waals surface area contributed by atoms with E-state index in [1.807, 2.05) is 11.0 Å². The van der Waals surface area contributed by atoms with Gasteiger partial charge in [-0.25, -0.2) is 0 Å². The highest BCUT2D eigenvalue weighted by molar-refractivity contribution is 7.17. The van der Waals surface area contributed by atoms with Crippen molar-refractivity contribution < 1.29 is 19.7 Å². The molecule has 7 heteroatoms. The molecule has 1 aliphatic heterocycles. The van der Waals surface area contributed by atoms with Gasteiger partial charge in [-0.3, -0.25) is 4.79 Å². The first-order valence-electron chi connectivity index (χ1n) is 11.8. The Balaban J connectivity index is 1.58. The van der Waals surface area contributed by atoms with Gasteiger partial charge in [0.05, 0.1) is 11.7 Å². The van der Waals surface area contributed by atoms with Gasteiger partial charge < -0.3 is 25.6 Å². The van der Waals surface area contributed by atoms with Crippen molar-refractivity contribution in [1.82, 2.24) is 4.90 Å². The summed E-state index contributed by atoms with van der Waals surface area (Å²) in [6, 6.07) is 7.96. The Hall–Kier alpha value is -1.51. The van der Waals surface area contributed by atoms with Crippen LogP contribution in [-0.4, -0.2) is 60.0 Å². The molecule has 32 heavy (non-hydrogen) atoms. The van der Waals surface area contributed by atoms with Gasteiger partial charge in [-0.15, -0.1) is 11.3 Å². The van der Waals surface area contributed by atoms with Crippen molar-refractivity contribution in [3.05, 3.63) is 35.2 Å². The van der Waals surface area contributed by atoms with Crippen molar-refractivity contribution in [3.8, 4) is 0 Å². The Bertz CT molecular complexity index is 908. The molecule has 6 nitrogen and oxygen atoms in total. The number of carbonyl (C=O) groups excluding carboxylic acids is 1. The average molecular weight is 461 g/mol. The fourth-order valence-corrected chi connectivity index (χ4v) is 6.46. The van der Waals surface area contributed by atoms with Crippen LogP contribution >= 0.6 is 11.3 Å². The minimum Gasteiger partial charge on any atom is -0.391 e. The van der Waals surface area contributed by atoms with Crippen molar-refractivity contribution in [2.24, 2.45) is 17.6 Å². The molecule has 0 bridgehead atoms. The van der Waals surface area contributed by atoms with Crippen LogP contribution in [0.15, 0.2) is 29.6 Å². The minimum absolute atomic E-state index is 0.0340. The lowest BCUT2D eigenvalue weighted by Crippen LogP contribution is -2.49. The predicted octanol–water partition coefficient (Wildman–Crippen LogP) is 3.24. The lowest BCUT2D eigenvalue weighted by Gasteiger charge is -2.43. The Kier molecular flexibility index (Phi) is 7.52. The summed E-state index contributed by atoms with van der Waals surface area (Å²) in [5.41, 5.74) is 5.94. The molecule has 1 aliphatic carbocycles. The number of nitrogens with two attached hydrogens (primary N) is 1. The second kappa shape index (κ2) is 10.2. The normalized spacial score (nSPS) is 28.2. The monoisotopic (exact) mass is 460 g/mol. The zero-order valence-corrected chi connectivity index (χ0v) is 19.7. The first-order valence-corrected chi connectivity index (χ1v) is 12.7. The summed E-state index contributed by atoms with van der Waals surface area (Å²) in [4.78, 5) is 15.1. The highest BCUT2D eigenvalue weighted by Crippen LogP contribution is 2.43. The quantitative estimate of drug-likeness (QED) is 0.526. The number of aliphatic hydroxyl groups excluding tert-OH is 1. The maximum atomic E-state index is 13.2. The number of carbonyl (C=O) groups is 1. The number of methoxy groups -OCH3 is 1. The summed E-state index contributed by atoms with van der Waals surface area (Å²) >= 11 is 1.69. The standard InChI is InChI=1S/C25H36N2O4S/c1-31-12-3-2-10-25(30,20-7-4-8-23-19(20)9-13-32-23)18-6-5-11-27(16-18)24(29)17-14-21(26)22(28)15-17/h4,7-9,13,17-18,21-22,28,30H,2-3,5-6,10-12,14-16,26H2,1H3/t17-,18+,21+,22-,25-/m0/s1. The van der Waals surface area contributed by atoms with Crippen molar-refractivity contribution in [1.29, 1.82) is 0 Å². The molecule has 2 fully saturated rings. The molecule has 5 atom stereocenters. The second-order valence-corrected chi connectivity index (χ2v) is 10.5. The molecule has 4 N–H and O–H groups in total. The zero-order chi connectivity index (χ0) is 22.7. The lowest BCUT2D eigenvalue weighted by atomic mass is 9.73. The molecule has 2 heterocycles. The molecule has 2 aromatic rings. The third kappa shape index (κ3) is 4.73. The van der Waals surface area contributed by atoms with Crippen LogP contribution in [0.3, 0.4) is 0 Å². The molecule has 0 spiro atoms. The van der Waals surface area contributed by atoms with Gasteiger partial charge >= 0.3 is 0 Å². The van der Waals surface area contributed by atoms with E-state index in [9.17, 15) is 15.0 Å². The number of likely N-dealkylation sites (tertiary alicyclic amines) is 1. The Morgan fingerprint density at radius 2 is 2.16 bits per heavy atom. The SMILES string of the molecule is COCCCC[C@@](O)(c1cccc2sccc12)[C@@H]1CCCN(C(=O)[C@H]2C[C@@H](N)[C@@H](O)C2)C1. The number of unbranched alkanes of at least 4 members (excludes halogenated alkanes) is 1. The number of fused-ring (bicyclic) bond motifs is 1. The number of aliphatic hydroxyl groups is 2. The van der Waals surface area contributed by atoms with Crippen LogP contribution in [0.4, 0.5) is 0 Å². The molecular weight excluding hydrogens is 424 g/mol. The molecule has 4 rings (SSSR count). The Morgan fingerprint density at radius 1 is 1.31 bits per heavy atom. The Labute approximate surface area is 194 Å². The molecule has 176 valence electrons. The molecule has 1 amide bonds. The third-order valence-electron chi connectivity index (χ3n) is 7.45. The highest BCUT2D eigenvalue weighted by Gasteiger charge is 2.44. The third-order valence-corrected chi connectivity index (χ3v) is 8.34. The van der Waals surface area contributed by atoms with E-state index in [2.05, 4.69) is 23.6 Å². The summed E-state index contributed by atoms with van der Waals surface area (Å²) in [7, 11) is 1.70. The Morgan fingerprint density at radius 3 is 2.91 bits per heavy atom. The van der Waals surface area contributed by atoms with Gasteiger partial charge in [-0.1, -0.05) is 12.1 Å². The van der Waals surface area contributed by atoms with Crippen LogP contribution in [-0.2, 0) is 15.1 Å². The second-order valence-electron chi connectivity index (χ2n) is 9.54. The number of hydrogen-bond donors (Lipinski definition) is 3. The van der Waals surface area contributed by atoms with E-state index in [4.69, 9.17) is 10.5 Å². The highest BCUT2D eigenvalue weighted by atomic mass is 32.1. The van der Waals surface area contributed by atoms with E-state index >= 15 is 0 Å². The topological polar surface area (TPSA) is 96.0 Å². The number of hydrogen-bond acceptors (Lipinski definition) is 6. The molecule has 0 radical (unpaired) electrons. The molecule has 1 saturated carbocycles. The van der Waals surface area contributed by atoms with Gasteiger partial charge in [-0.05, 0) is 73.4 Å². The van der Waals surface area contributed by atoms with Crippen LogP contribution in [0, 0.1) is 11.8 Å². The number of ether oxygens (including phenoxy) is 1. The number of thiophene rings is 1. The van der Waals surface area contributed by atoms with Crippen molar-refractivity contribution in [2.75, 3.05) is 26.8 Å². The molecular formula is C25H36N2O4S. The van der Waals surface area contributed by atoms with Gasteiger partial charge in [0.2, 0.25) is 5.91 Å². The fourth-order valence-electron chi connectivity index (χ4n) is 5.65. The predicted molar refractivity (Wildman–Crippen MR) is 127 cm³/mol. The van der Waals surface area contributed by atoms with Gasteiger partial charge in [0.15, 0.2) is 0 Å². The van der Waals surface area contributed by atoms with E-state index in [0.29, 0.717) is 39.0 Å². The summed E-state index contributed by atoms with van der Waals surface area (Å²) in [5.74, 6) is -0.167. The smallest absolute Gasteiger partial charge is 0.225 e. The van der Waals surface area contributed by atoms with Crippen LogP contribution in [0.2, 0.25) is 0 Å². The number of amides is 1. The van der Waals surface area contributed by atoms with Gasteiger partial charge in [-0.2, -0.15) is 0 Å². The minimum atomic E-state index is -1.00. The van der Waals surface area contributed by atoms with Gasteiger partial charge in [0.25, 0.3) is 0 Å². The van der Waals surface area contributed by atoms with E-state index in [1.54, 1.807) is 18.4 Å². The summed E-state index contributed by atoms with van der Waals surface area (Å²) in [6.45, 7) is 1.93. The zero-order valence-electron chi connectivity index (χ0n) is 18.9. The first-order chi connectivity index (χ1) is 15.4. The number of benzene rings is 1. The molecule has 1 aromatic heterocycles. The summed E-state index contributed by atoms with van der Waals surface area (Å²) < 4.78 is 6.40. The van der Waals surface area contributed by atoms with Crippen LogP contribution in [0.5, 0.6) is 0 Å². The molecule has 0 unspecified atom stereocenters. The molecule has 2 aliphatic rings. The molecule has 1 aromatic carbocycles. The van der Waals surface area contributed by atoms with Crippen molar-refractivity contribution >= 4 is 27.3 Å². The first kappa shape index (κ1) is 23.6. The lowest BCUT2D eigenvalue weighted by molar-refractivity contribution is -0.141. The van der Waals surface area contributed by atoms with E-state index in [-0.39, 0.29) is 23.8 Å². The maximum absolute atomic E-state index is 13.2. The van der Waals surface area contributed by atoms with Gasteiger partial charge in [0.1, 0.15) is 0 Å². The fraction of sp³-hybridized carbons (Fsp3) is 0.640. The van der Waals surface area contributed by atoms with E-state index in [0.717, 1.165) is 36.6 Å². The van der Waals surface area contributed by atoms with Gasteiger partial charge in [0, 0.05) is 49.4 Å². The van der Waals surface area contributed by atoms with Crippen LogP contribution in [0.1, 0.15) is 50.5 Å².